The first-order chi connectivity index (χ1) is 17.0. The molecule has 9 nitrogen and oxygen atoms in total. The van der Waals surface area contributed by atoms with E-state index in [0.717, 1.165) is 11.0 Å². The van der Waals surface area contributed by atoms with E-state index in [1.165, 1.54) is 17.7 Å². The predicted molar refractivity (Wildman–Crippen MR) is 131 cm³/mol. The third-order valence-corrected chi connectivity index (χ3v) is 5.44. The van der Waals surface area contributed by atoms with Crippen molar-refractivity contribution in [3.05, 3.63) is 101 Å². The van der Waals surface area contributed by atoms with Crippen LogP contribution >= 0.6 is 0 Å². The summed E-state index contributed by atoms with van der Waals surface area (Å²) >= 11 is 0. The van der Waals surface area contributed by atoms with E-state index in [1.54, 1.807) is 48.5 Å². The van der Waals surface area contributed by atoms with E-state index in [2.05, 4.69) is 20.4 Å². The Morgan fingerprint density at radius 2 is 1.69 bits per heavy atom. The van der Waals surface area contributed by atoms with E-state index >= 15 is 0 Å². The zero-order chi connectivity index (χ0) is 24.4. The minimum absolute atomic E-state index is 0.189. The predicted octanol–water partition coefficient (Wildman–Crippen LogP) is 3.89. The van der Waals surface area contributed by atoms with Gasteiger partial charge in [-0.15, -0.1) is 0 Å². The summed E-state index contributed by atoms with van der Waals surface area (Å²) in [6.45, 7) is 1.46. The van der Waals surface area contributed by atoms with Gasteiger partial charge in [-0.25, -0.2) is 14.5 Å². The number of benzene rings is 3. The number of hydrogen-bond donors (Lipinski definition) is 3. The third-order valence-electron chi connectivity index (χ3n) is 5.44. The fourth-order valence-electron chi connectivity index (χ4n) is 3.69. The molecule has 1 amide bonds. The standard InChI is InChI=1S/C26H21N5O4/c1-16(25(33)29-22-15-23(32)31(30-22)17-9-3-2-4-10-17)35-26(34)19-12-6-5-11-18(19)24-27-20-13-7-8-14-21(20)28-24/h2-16,30H,1H3,(H,27,28)(H,29,33). The molecule has 0 aliphatic heterocycles. The summed E-state index contributed by atoms with van der Waals surface area (Å²) in [7, 11) is 0. The second-order valence-electron chi connectivity index (χ2n) is 7.86. The normalized spacial score (nSPS) is 11.8. The molecule has 1 atom stereocenters. The number of aromatic amines is 2. The number of H-pyrrole nitrogens is 2. The number of nitrogens with one attached hydrogen (secondary N) is 3. The van der Waals surface area contributed by atoms with Gasteiger partial charge >= 0.3 is 5.97 Å². The lowest BCUT2D eigenvalue weighted by Crippen LogP contribution is -2.30. The Kier molecular flexibility index (Phi) is 5.72. The maximum atomic E-state index is 13.0. The van der Waals surface area contributed by atoms with Crippen molar-refractivity contribution in [1.29, 1.82) is 0 Å². The Bertz CT molecular complexity index is 1550. The number of amides is 1. The van der Waals surface area contributed by atoms with Crippen molar-refractivity contribution >= 4 is 28.7 Å². The van der Waals surface area contributed by atoms with Crippen molar-refractivity contribution in [1.82, 2.24) is 19.7 Å². The van der Waals surface area contributed by atoms with E-state index in [9.17, 15) is 14.4 Å². The smallest absolute Gasteiger partial charge is 0.339 e. The first kappa shape index (κ1) is 21.9. The number of fused-ring (bicyclic) bond motifs is 1. The van der Waals surface area contributed by atoms with Gasteiger partial charge in [0.1, 0.15) is 11.6 Å². The van der Waals surface area contributed by atoms with Gasteiger partial charge in [0.05, 0.1) is 22.3 Å². The fourth-order valence-corrected chi connectivity index (χ4v) is 3.69. The number of rotatable bonds is 6. The zero-order valence-corrected chi connectivity index (χ0v) is 18.7. The summed E-state index contributed by atoms with van der Waals surface area (Å²) in [5.74, 6) is -0.537. The molecule has 5 rings (SSSR count). The van der Waals surface area contributed by atoms with E-state index in [0.29, 0.717) is 17.1 Å². The lowest BCUT2D eigenvalue weighted by Gasteiger charge is -2.14. The maximum absolute atomic E-state index is 13.0. The van der Waals surface area contributed by atoms with E-state index < -0.39 is 18.0 Å². The largest absolute Gasteiger partial charge is 0.449 e. The summed E-state index contributed by atoms with van der Waals surface area (Å²) in [6.07, 6.45) is -1.12. The Hall–Kier alpha value is -4.92. The molecule has 0 bridgehead atoms. The number of aromatic nitrogens is 4. The van der Waals surface area contributed by atoms with Crippen LogP contribution in [0.5, 0.6) is 0 Å². The molecule has 35 heavy (non-hydrogen) atoms. The molecule has 174 valence electrons. The van der Waals surface area contributed by atoms with Crippen LogP contribution in [0, 0.1) is 0 Å². The topological polar surface area (TPSA) is 122 Å². The Balaban J connectivity index is 1.31. The van der Waals surface area contributed by atoms with Crippen LogP contribution in [0.15, 0.2) is 89.7 Å². The lowest BCUT2D eigenvalue weighted by molar-refractivity contribution is -0.123. The lowest BCUT2D eigenvalue weighted by atomic mass is 10.1. The van der Waals surface area contributed by atoms with Crippen LogP contribution in [-0.4, -0.2) is 37.7 Å². The average Bonchev–Trinajstić information content (AvgIpc) is 3.47. The van der Waals surface area contributed by atoms with Gasteiger partial charge in [0.25, 0.3) is 11.5 Å². The highest BCUT2D eigenvalue weighted by Crippen LogP contribution is 2.25. The van der Waals surface area contributed by atoms with Crippen LogP contribution in [0.3, 0.4) is 0 Å². The van der Waals surface area contributed by atoms with Crippen LogP contribution in [0.25, 0.3) is 28.1 Å². The fraction of sp³-hybridized carbons (Fsp3) is 0.0769. The molecular weight excluding hydrogens is 446 g/mol. The second kappa shape index (κ2) is 9.14. The van der Waals surface area contributed by atoms with Gasteiger partial charge < -0.3 is 15.0 Å². The number of esters is 1. The van der Waals surface area contributed by atoms with Crippen molar-refractivity contribution < 1.29 is 14.3 Å². The molecule has 9 heteroatoms. The Morgan fingerprint density at radius 3 is 2.49 bits per heavy atom. The number of nitrogens with zero attached hydrogens (tertiary/aromatic N) is 2. The number of hydrogen-bond acceptors (Lipinski definition) is 5. The van der Waals surface area contributed by atoms with Crippen molar-refractivity contribution in [3.63, 3.8) is 0 Å². The molecule has 0 aliphatic rings. The molecule has 5 aromatic rings. The van der Waals surface area contributed by atoms with Gasteiger partial charge in [-0.3, -0.25) is 14.7 Å². The van der Waals surface area contributed by atoms with Crippen LogP contribution < -0.4 is 10.9 Å². The minimum Gasteiger partial charge on any atom is -0.449 e. The van der Waals surface area contributed by atoms with Gasteiger partial charge in [0.2, 0.25) is 0 Å². The SMILES string of the molecule is CC(OC(=O)c1ccccc1-c1nc2ccccc2[nH]1)C(=O)Nc1cc(=O)n(-c2ccccc2)[nH]1. The molecule has 2 heterocycles. The van der Waals surface area contributed by atoms with Crippen molar-refractivity contribution in [2.45, 2.75) is 13.0 Å². The molecule has 1 unspecified atom stereocenters. The summed E-state index contributed by atoms with van der Waals surface area (Å²) in [6, 6.07) is 24.6. The van der Waals surface area contributed by atoms with Crippen LogP contribution in [-0.2, 0) is 9.53 Å². The van der Waals surface area contributed by atoms with Gasteiger partial charge in [-0.05, 0) is 37.3 Å². The monoisotopic (exact) mass is 467 g/mol. The average molecular weight is 467 g/mol. The first-order valence-electron chi connectivity index (χ1n) is 10.9. The molecule has 0 spiro atoms. The van der Waals surface area contributed by atoms with E-state index in [-0.39, 0.29) is 16.9 Å². The molecular formula is C26H21N5O4. The van der Waals surface area contributed by atoms with Gasteiger partial charge in [0, 0.05) is 11.6 Å². The van der Waals surface area contributed by atoms with Crippen molar-refractivity contribution in [3.8, 4) is 17.1 Å². The van der Waals surface area contributed by atoms with Crippen molar-refractivity contribution in [2.75, 3.05) is 5.32 Å². The Labute approximate surface area is 199 Å². The molecule has 0 saturated carbocycles. The first-order valence-corrected chi connectivity index (χ1v) is 10.9. The maximum Gasteiger partial charge on any atom is 0.339 e. The number of carbonyl (C=O) groups excluding carboxylic acids is 2. The molecule has 2 aromatic heterocycles. The quantitative estimate of drug-likeness (QED) is 0.327. The Morgan fingerprint density at radius 1 is 0.971 bits per heavy atom. The van der Waals surface area contributed by atoms with E-state index in [1.807, 2.05) is 30.3 Å². The molecule has 0 aliphatic carbocycles. The summed E-state index contributed by atoms with van der Waals surface area (Å²) in [4.78, 5) is 45.7. The van der Waals surface area contributed by atoms with Gasteiger partial charge in [0.15, 0.2) is 6.10 Å². The van der Waals surface area contributed by atoms with Crippen LogP contribution in [0.2, 0.25) is 0 Å². The van der Waals surface area contributed by atoms with Crippen LogP contribution in [0.4, 0.5) is 5.82 Å². The number of anilines is 1. The number of carbonyl (C=O) groups is 2. The van der Waals surface area contributed by atoms with E-state index in [4.69, 9.17) is 4.74 Å². The second-order valence-corrected chi connectivity index (χ2v) is 7.86. The summed E-state index contributed by atoms with van der Waals surface area (Å²) in [5.41, 5.74) is 2.74. The molecule has 0 fully saturated rings. The molecule has 0 radical (unpaired) electrons. The number of imidazole rings is 1. The number of para-hydroxylation sites is 3. The summed E-state index contributed by atoms with van der Waals surface area (Å²) in [5, 5.41) is 5.41. The number of ether oxygens (including phenoxy) is 1. The van der Waals surface area contributed by atoms with Crippen LogP contribution in [0.1, 0.15) is 17.3 Å². The molecule has 0 saturated heterocycles. The van der Waals surface area contributed by atoms with Crippen molar-refractivity contribution in [2.24, 2.45) is 0 Å². The highest BCUT2D eigenvalue weighted by molar-refractivity contribution is 6.00. The molecule has 3 aromatic carbocycles. The minimum atomic E-state index is -1.12. The van der Waals surface area contributed by atoms with Gasteiger partial charge in [-0.1, -0.05) is 48.5 Å². The van der Waals surface area contributed by atoms with Gasteiger partial charge in [-0.2, -0.15) is 0 Å². The zero-order valence-electron chi connectivity index (χ0n) is 18.7. The molecule has 3 N–H and O–H groups in total. The highest BCUT2D eigenvalue weighted by Gasteiger charge is 2.23. The highest BCUT2D eigenvalue weighted by atomic mass is 16.5. The summed E-state index contributed by atoms with van der Waals surface area (Å²) < 4.78 is 6.74. The third kappa shape index (κ3) is 4.47.